The third-order valence-electron chi connectivity index (χ3n) is 4.40. The summed E-state index contributed by atoms with van der Waals surface area (Å²) in [7, 11) is 1.85. The van der Waals surface area contributed by atoms with E-state index in [1.165, 1.54) is 11.1 Å². The summed E-state index contributed by atoms with van der Waals surface area (Å²) >= 11 is 0. The molecule has 3 heteroatoms. The molecule has 0 spiro atoms. The Bertz CT molecular complexity index is 836. The van der Waals surface area contributed by atoms with Crippen LogP contribution in [-0.2, 0) is 17.8 Å². The molecule has 0 aliphatic heterocycles. The normalized spacial score (nSPS) is 10.6. The molecule has 1 heterocycles. The second kappa shape index (κ2) is 7.84. The van der Waals surface area contributed by atoms with Gasteiger partial charge in [0.1, 0.15) is 11.5 Å². The highest BCUT2D eigenvalue weighted by Crippen LogP contribution is 2.22. The van der Waals surface area contributed by atoms with Crippen LogP contribution in [0.3, 0.4) is 0 Å². The molecule has 0 aliphatic carbocycles. The van der Waals surface area contributed by atoms with Crippen molar-refractivity contribution in [1.29, 1.82) is 0 Å². The lowest BCUT2D eigenvalue weighted by Crippen LogP contribution is -2.26. The number of benzene rings is 2. The van der Waals surface area contributed by atoms with Crippen LogP contribution in [0, 0.1) is 6.92 Å². The van der Waals surface area contributed by atoms with Crippen LogP contribution in [0.25, 0.3) is 11.3 Å². The van der Waals surface area contributed by atoms with Crippen molar-refractivity contribution in [3.63, 3.8) is 0 Å². The highest BCUT2D eigenvalue weighted by atomic mass is 16.3. The molecule has 0 atom stereocenters. The summed E-state index contributed by atoms with van der Waals surface area (Å²) in [4.78, 5) is 14.2. The van der Waals surface area contributed by atoms with Crippen LogP contribution in [0.1, 0.15) is 23.3 Å². The topological polar surface area (TPSA) is 33.5 Å². The second-order valence-corrected chi connectivity index (χ2v) is 6.31. The quantitative estimate of drug-likeness (QED) is 0.646. The Labute approximate surface area is 148 Å². The summed E-state index contributed by atoms with van der Waals surface area (Å²) in [6.45, 7) is 2.71. The highest BCUT2D eigenvalue weighted by molar-refractivity contribution is 5.76. The number of nitrogens with zero attached hydrogens (tertiary/aromatic N) is 1. The molecule has 0 saturated carbocycles. The predicted molar refractivity (Wildman–Crippen MR) is 100 cm³/mol. The van der Waals surface area contributed by atoms with Crippen molar-refractivity contribution in [2.24, 2.45) is 0 Å². The molecule has 1 aromatic heterocycles. The van der Waals surface area contributed by atoms with Crippen LogP contribution < -0.4 is 0 Å². The third kappa shape index (κ3) is 4.38. The Morgan fingerprint density at radius 3 is 2.44 bits per heavy atom. The fourth-order valence-electron chi connectivity index (χ4n) is 2.82. The second-order valence-electron chi connectivity index (χ2n) is 6.31. The van der Waals surface area contributed by atoms with Gasteiger partial charge in [-0.3, -0.25) is 4.79 Å². The van der Waals surface area contributed by atoms with Crippen molar-refractivity contribution >= 4 is 5.91 Å². The van der Waals surface area contributed by atoms with Crippen LogP contribution in [0.2, 0.25) is 0 Å². The predicted octanol–water partition coefficient (Wildman–Crippen LogP) is 4.85. The molecule has 0 unspecified atom stereocenters. The lowest BCUT2D eigenvalue weighted by molar-refractivity contribution is -0.130. The van der Waals surface area contributed by atoms with Gasteiger partial charge in [-0.2, -0.15) is 0 Å². The average Bonchev–Trinajstić information content (AvgIpc) is 3.11. The first-order chi connectivity index (χ1) is 12.1. The van der Waals surface area contributed by atoms with Gasteiger partial charge in [-0.05, 0) is 30.2 Å². The fourth-order valence-corrected chi connectivity index (χ4v) is 2.82. The fraction of sp³-hybridized carbons (Fsp3) is 0.227. The Balaban J connectivity index is 1.55. The van der Waals surface area contributed by atoms with Gasteiger partial charge in [0.05, 0.1) is 0 Å². The van der Waals surface area contributed by atoms with Crippen molar-refractivity contribution < 1.29 is 9.21 Å². The summed E-state index contributed by atoms with van der Waals surface area (Å²) in [5.41, 5.74) is 3.44. The van der Waals surface area contributed by atoms with Crippen molar-refractivity contribution in [3.8, 4) is 11.3 Å². The van der Waals surface area contributed by atoms with E-state index in [1.807, 2.05) is 61.6 Å². The van der Waals surface area contributed by atoms with Crippen LogP contribution >= 0.6 is 0 Å². The van der Waals surface area contributed by atoms with Crippen molar-refractivity contribution in [2.75, 3.05) is 7.05 Å². The minimum atomic E-state index is 0.126. The van der Waals surface area contributed by atoms with Gasteiger partial charge in [-0.15, -0.1) is 0 Å². The molecular formula is C22H23NO2. The molecule has 0 N–H and O–H groups in total. The summed E-state index contributed by atoms with van der Waals surface area (Å²) < 4.78 is 5.87. The van der Waals surface area contributed by atoms with Gasteiger partial charge < -0.3 is 9.32 Å². The number of hydrogen-bond acceptors (Lipinski definition) is 2. The van der Waals surface area contributed by atoms with Gasteiger partial charge in [0.2, 0.25) is 5.91 Å². The molecule has 25 heavy (non-hydrogen) atoms. The number of aryl methyl sites for hydroxylation is 2. The number of carbonyl (C=O) groups is 1. The van der Waals surface area contributed by atoms with E-state index in [0.717, 1.165) is 17.1 Å². The number of hydrogen-bond donors (Lipinski definition) is 0. The standard InChI is InChI=1S/C22H23NO2/c1-17-8-6-7-11-19(17)16-23(2)22(24)15-13-20-12-14-21(25-20)18-9-4-3-5-10-18/h3-12,14H,13,15-16H2,1-2H3. The summed E-state index contributed by atoms with van der Waals surface area (Å²) in [5.74, 6) is 1.81. The van der Waals surface area contributed by atoms with Gasteiger partial charge in [-0.25, -0.2) is 0 Å². The highest BCUT2D eigenvalue weighted by Gasteiger charge is 2.12. The average molecular weight is 333 g/mol. The molecular weight excluding hydrogens is 310 g/mol. The molecule has 128 valence electrons. The number of furan rings is 1. The maximum absolute atomic E-state index is 12.4. The molecule has 0 radical (unpaired) electrons. The Morgan fingerprint density at radius 1 is 0.960 bits per heavy atom. The molecule has 0 bridgehead atoms. The van der Waals surface area contributed by atoms with Crippen LogP contribution in [0.5, 0.6) is 0 Å². The van der Waals surface area contributed by atoms with Gasteiger partial charge in [0.25, 0.3) is 0 Å². The molecule has 3 nitrogen and oxygen atoms in total. The molecule has 2 aromatic carbocycles. The monoisotopic (exact) mass is 333 g/mol. The van der Waals surface area contributed by atoms with Gasteiger partial charge in [0.15, 0.2) is 0 Å². The minimum Gasteiger partial charge on any atom is -0.461 e. The third-order valence-corrected chi connectivity index (χ3v) is 4.40. The van der Waals surface area contributed by atoms with Crippen molar-refractivity contribution in [2.45, 2.75) is 26.3 Å². The first kappa shape index (κ1) is 17.0. The van der Waals surface area contributed by atoms with Gasteiger partial charge in [-0.1, -0.05) is 54.6 Å². The molecule has 0 fully saturated rings. The zero-order chi connectivity index (χ0) is 17.6. The van der Waals surface area contributed by atoms with Crippen molar-refractivity contribution in [1.82, 2.24) is 4.90 Å². The molecule has 1 amide bonds. The first-order valence-corrected chi connectivity index (χ1v) is 8.56. The number of carbonyl (C=O) groups excluding carboxylic acids is 1. The van der Waals surface area contributed by atoms with Crippen molar-refractivity contribution in [3.05, 3.63) is 83.6 Å². The Morgan fingerprint density at radius 2 is 1.68 bits per heavy atom. The van der Waals surface area contributed by atoms with E-state index >= 15 is 0 Å². The van der Waals surface area contributed by atoms with E-state index in [0.29, 0.717) is 19.4 Å². The van der Waals surface area contributed by atoms with Crippen LogP contribution in [0.4, 0.5) is 0 Å². The zero-order valence-electron chi connectivity index (χ0n) is 14.7. The van der Waals surface area contributed by atoms with Crippen LogP contribution in [-0.4, -0.2) is 17.9 Å². The Hall–Kier alpha value is -2.81. The lowest BCUT2D eigenvalue weighted by atomic mass is 10.1. The van der Waals surface area contributed by atoms with E-state index < -0.39 is 0 Å². The summed E-state index contributed by atoms with van der Waals surface area (Å²) in [6.07, 6.45) is 1.06. The number of amides is 1. The van der Waals surface area contributed by atoms with E-state index in [1.54, 1.807) is 4.90 Å². The first-order valence-electron chi connectivity index (χ1n) is 8.56. The van der Waals surface area contributed by atoms with E-state index in [-0.39, 0.29) is 5.91 Å². The van der Waals surface area contributed by atoms with Crippen LogP contribution in [0.15, 0.2) is 71.1 Å². The Kier molecular flexibility index (Phi) is 5.34. The van der Waals surface area contributed by atoms with E-state index in [2.05, 4.69) is 19.1 Å². The van der Waals surface area contributed by atoms with Gasteiger partial charge >= 0.3 is 0 Å². The maximum atomic E-state index is 12.4. The SMILES string of the molecule is Cc1ccccc1CN(C)C(=O)CCc1ccc(-c2ccccc2)o1. The lowest BCUT2D eigenvalue weighted by Gasteiger charge is -2.18. The molecule has 3 rings (SSSR count). The largest absolute Gasteiger partial charge is 0.461 e. The smallest absolute Gasteiger partial charge is 0.223 e. The summed E-state index contributed by atoms with van der Waals surface area (Å²) in [5, 5.41) is 0. The molecule has 3 aromatic rings. The van der Waals surface area contributed by atoms with Gasteiger partial charge in [0, 0.05) is 32.0 Å². The minimum absolute atomic E-state index is 0.126. The maximum Gasteiger partial charge on any atom is 0.223 e. The number of rotatable bonds is 6. The zero-order valence-corrected chi connectivity index (χ0v) is 14.7. The van der Waals surface area contributed by atoms with E-state index in [9.17, 15) is 4.79 Å². The molecule has 0 aliphatic rings. The van der Waals surface area contributed by atoms with E-state index in [4.69, 9.17) is 4.42 Å². The molecule has 0 saturated heterocycles. The summed E-state index contributed by atoms with van der Waals surface area (Å²) in [6, 6.07) is 22.1.